The lowest BCUT2D eigenvalue weighted by molar-refractivity contribution is 0.413. The standard InChI is InChI=1S/C15H16BrClN2O/c1-9-3-4-10(7-14(9)17)15(19-18)12-8-11(20-2)5-6-13(12)16/h3-8,15,19H,18H2,1-2H3. The topological polar surface area (TPSA) is 47.3 Å². The van der Waals surface area contributed by atoms with E-state index < -0.39 is 0 Å². The number of hydrazine groups is 1. The number of halogens is 2. The molecule has 0 bridgehead atoms. The minimum absolute atomic E-state index is 0.169. The molecule has 0 aromatic heterocycles. The third-order valence-electron chi connectivity index (χ3n) is 3.21. The summed E-state index contributed by atoms with van der Waals surface area (Å²) in [5.74, 6) is 6.51. The van der Waals surface area contributed by atoms with Crippen LogP contribution in [0.15, 0.2) is 40.9 Å². The fraction of sp³-hybridized carbons (Fsp3) is 0.200. The number of methoxy groups -OCH3 is 1. The van der Waals surface area contributed by atoms with Crippen molar-refractivity contribution in [2.45, 2.75) is 13.0 Å². The van der Waals surface area contributed by atoms with Crippen molar-refractivity contribution in [1.29, 1.82) is 0 Å². The molecule has 0 aliphatic rings. The van der Waals surface area contributed by atoms with E-state index in [1.165, 1.54) is 0 Å². The van der Waals surface area contributed by atoms with Gasteiger partial charge in [-0.1, -0.05) is 39.7 Å². The maximum atomic E-state index is 6.20. The highest BCUT2D eigenvalue weighted by atomic mass is 79.9. The van der Waals surface area contributed by atoms with Gasteiger partial charge in [0.25, 0.3) is 0 Å². The van der Waals surface area contributed by atoms with Crippen LogP contribution in [0.3, 0.4) is 0 Å². The Bertz CT molecular complexity index is 619. The molecule has 2 aromatic rings. The van der Waals surface area contributed by atoms with Gasteiger partial charge in [0.15, 0.2) is 0 Å². The summed E-state index contributed by atoms with van der Waals surface area (Å²) in [7, 11) is 1.64. The molecule has 106 valence electrons. The van der Waals surface area contributed by atoms with Crippen molar-refractivity contribution in [2.24, 2.45) is 5.84 Å². The first-order valence-corrected chi connectivity index (χ1v) is 7.29. The van der Waals surface area contributed by atoms with Crippen LogP contribution in [0, 0.1) is 6.92 Å². The molecule has 0 fully saturated rings. The molecule has 20 heavy (non-hydrogen) atoms. The van der Waals surface area contributed by atoms with Gasteiger partial charge in [0.1, 0.15) is 5.75 Å². The van der Waals surface area contributed by atoms with E-state index in [9.17, 15) is 0 Å². The van der Waals surface area contributed by atoms with Gasteiger partial charge in [0.05, 0.1) is 13.2 Å². The monoisotopic (exact) mass is 354 g/mol. The molecule has 1 unspecified atom stereocenters. The van der Waals surface area contributed by atoms with Crippen LogP contribution >= 0.6 is 27.5 Å². The zero-order chi connectivity index (χ0) is 14.7. The molecule has 3 N–H and O–H groups in total. The Labute approximate surface area is 132 Å². The summed E-state index contributed by atoms with van der Waals surface area (Å²) in [4.78, 5) is 0. The minimum Gasteiger partial charge on any atom is -0.497 e. The molecule has 5 heteroatoms. The van der Waals surface area contributed by atoms with Gasteiger partial charge in [-0.3, -0.25) is 5.84 Å². The second kappa shape index (κ2) is 6.59. The van der Waals surface area contributed by atoms with Crippen LogP contribution in [0.2, 0.25) is 5.02 Å². The molecule has 1 atom stereocenters. The predicted molar refractivity (Wildman–Crippen MR) is 86.0 cm³/mol. The highest BCUT2D eigenvalue weighted by Gasteiger charge is 2.17. The summed E-state index contributed by atoms with van der Waals surface area (Å²) in [6.45, 7) is 1.97. The smallest absolute Gasteiger partial charge is 0.119 e. The van der Waals surface area contributed by atoms with Gasteiger partial charge in [-0.25, -0.2) is 5.43 Å². The fourth-order valence-corrected chi connectivity index (χ4v) is 2.69. The lowest BCUT2D eigenvalue weighted by Gasteiger charge is -2.20. The summed E-state index contributed by atoms with van der Waals surface area (Å²) in [6.07, 6.45) is 0. The fourth-order valence-electron chi connectivity index (χ4n) is 2.02. The Morgan fingerprint density at radius 2 is 2.00 bits per heavy atom. The van der Waals surface area contributed by atoms with Crippen LogP contribution in [-0.2, 0) is 0 Å². The Morgan fingerprint density at radius 3 is 2.60 bits per heavy atom. The molecule has 0 spiro atoms. The Hall–Kier alpha value is -1.07. The zero-order valence-corrected chi connectivity index (χ0v) is 13.6. The van der Waals surface area contributed by atoms with Crippen LogP contribution in [0.25, 0.3) is 0 Å². The number of nitrogens with one attached hydrogen (secondary N) is 1. The zero-order valence-electron chi connectivity index (χ0n) is 11.3. The van der Waals surface area contributed by atoms with Crippen LogP contribution in [0.4, 0.5) is 0 Å². The van der Waals surface area contributed by atoms with E-state index in [1.807, 2.05) is 43.3 Å². The number of benzene rings is 2. The van der Waals surface area contributed by atoms with Gasteiger partial charge >= 0.3 is 0 Å². The number of ether oxygens (including phenoxy) is 1. The van der Waals surface area contributed by atoms with Gasteiger partial charge in [0.2, 0.25) is 0 Å². The van der Waals surface area contributed by atoms with E-state index in [0.717, 1.165) is 31.9 Å². The largest absolute Gasteiger partial charge is 0.497 e. The van der Waals surface area contributed by atoms with E-state index in [-0.39, 0.29) is 6.04 Å². The van der Waals surface area contributed by atoms with Gasteiger partial charge in [-0.05, 0) is 47.9 Å². The van der Waals surface area contributed by atoms with E-state index in [4.69, 9.17) is 22.2 Å². The Morgan fingerprint density at radius 1 is 1.25 bits per heavy atom. The summed E-state index contributed by atoms with van der Waals surface area (Å²) >= 11 is 9.74. The quantitative estimate of drug-likeness (QED) is 0.644. The number of hydrogen-bond acceptors (Lipinski definition) is 3. The average Bonchev–Trinajstić information content (AvgIpc) is 2.45. The molecular formula is C15H16BrClN2O. The Kier molecular flexibility index (Phi) is 5.05. The molecule has 0 heterocycles. The van der Waals surface area contributed by atoms with Crippen molar-refractivity contribution in [3.8, 4) is 5.75 Å². The lowest BCUT2D eigenvalue weighted by atomic mass is 9.98. The summed E-state index contributed by atoms with van der Waals surface area (Å²) in [5, 5.41) is 0.724. The highest BCUT2D eigenvalue weighted by Crippen LogP contribution is 2.32. The normalized spacial score (nSPS) is 12.2. The number of rotatable bonds is 4. The average molecular weight is 356 g/mol. The predicted octanol–water partition coefficient (Wildman–Crippen LogP) is 3.97. The second-order valence-corrected chi connectivity index (χ2v) is 5.76. The van der Waals surface area contributed by atoms with Crippen LogP contribution in [-0.4, -0.2) is 7.11 Å². The second-order valence-electron chi connectivity index (χ2n) is 4.50. The van der Waals surface area contributed by atoms with Crippen molar-refractivity contribution >= 4 is 27.5 Å². The van der Waals surface area contributed by atoms with Gasteiger partial charge in [-0.2, -0.15) is 0 Å². The summed E-state index contributed by atoms with van der Waals surface area (Å²) in [5.41, 5.74) is 5.86. The molecule has 2 aromatic carbocycles. The first-order chi connectivity index (χ1) is 9.56. The van der Waals surface area contributed by atoms with Crippen molar-refractivity contribution in [3.63, 3.8) is 0 Å². The SMILES string of the molecule is COc1ccc(Br)c(C(NN)c2ccc(C)c(Cl)c2)c1. The molecule has 2 rings (SSSR count). The highest BCUT2D eigenvalue weighted by molar-refractivity contribution is 9.10. The number of nitrogens with two attached hydrogens (primary N) is 1. The third kappa shape index (κ3) is 3.15. The first kappa shape index (κ1) is 15.3. The van der Waals surface area contributed by atoms with E-state index in [1.54, 1.807) is 7.11 Å². The summed E-state index contributed by atoms with van der Waals surface area (Å²) in [6, 6.07) is 11.5. The van der Waals surface area contributed by atoms with Gasteiger partial charge < -0.3 is 4.74 Å². The molecule has 0 saturated carbocycles. The molecule has 0 radical (unpaired) electrons. The van der Waals surface area contributed by atoms with Crippen LogP contribution < -0.4 is 16.0 Å². The van der Waals surface area contributed by atoms with Gasteiger partial charge in [-0.15, -0.1) is 0 Å². The van der Waals surface area contributed by atoms with Gasteiger partial charge in [0, 0.05) is 9.50 Å². The third-order valence-corrected chi connectivity index (χ3v) is 4.34. The molecule has 0 amide bonds. The van der Waals surface area contributed by atoms with Crippen molar-refractivity contribution in [2.75, 3.05) is 7.11 Å². The molecule has 0 saturated heterocycles. The maximum absolute atomic E-state index is 6.20. The maximum Gasteiger partial charge on any atom is 0.119 e. The molecule has 3 nitrogen and oxygen atoms in total. The number of hydrogen-bond donors (Lipinski definition) is 2. The minimum atomic E-state index is -0.169. The van der Waals surface area contributed by atoms with E-state index >= 15 is 0 Å². The summed E-state index contributed by atoms with van der Waals surface area (Å²) < 4.78 is 6.22. The van der Waals surface area contributed by atoms with Crippen molar-refractivity contribution in [3.05, 3.63) is 62.6 Å². The molecule has 0 aliphatic heterocycles. The lowest BCUT2D eigenvalue weighted by Crippen LogP contribution is -2.29. The molecule has 0 aliphatic carbocycles. The van der Waals surface area contributed by atoms with E-state index in [2.05, 4.69) is 21.4 Å². The first-order valence-electron chi connectivity index (χ1n) is 6.12. The van der Waals surface area contributed by atoms with Crippen LogP contribution in [0.1, 0.15) is 22.7 Å². The Balaban J connectivity index is 2.48. The van der Waals surface area contributed by atoms with Crippen molar-refractivity contribution in [1.82, 2.24) is 5.43 Å². The van der Waals surface area contributed by atoms with Crippen LogP contribution in [0.5, 0.6) is 5.75 Å². The number of aryl methyl sites for hydroxylation is 1. The molecular weight excluding hydrogens is 340 g/mol. The van der Waals surface area contributed by atoms with Crippen molar-refractivity contribution < 1.29 is 4.74 Å². The van der Waals surface area contributed by atoms with E-state index in [0.29, 0.717) is 0 Å².